The number of carbonyl (C=O) groups is 2. The molecule has 5 heteroatoms. The predicted octanol–water partition coefficient (Wildman–Crippen LogP) is 2.56. The van der Waals surface area contributed by atoms with E-state index in [0.29, 0.717) is 38.2 Å². The summed E-state index contributed by atoms with van der Waals surface area (Å²) in [6, 6.07) is 11.6. The first-order valence-electron chi connectivity index (χ1n) is 8.49. The molecule has 0 N–H and O–H groups in total. The number of hydrogen-bond donors (Lipinski definition) is 0. The minimum atomic E-state index is 0.0386. The molecular weight excluding hydrogens is 302 g/mol. The fourth-order valence-electron chi connectivity index (χ4n) is 3.00. The fraction of sp³-hybridized carbons (Fsp3) is 0.368. The average molecular weight is 325 g/mol. The molecule has 0 spiro atoms. The van der Waals surface area contributed by atoms with E-state index in [1.165, 1.54) is 0 Å². The monoisotopic (exact) mass is 325 g/mol. The Hall–Kier alpha value is -2.56. The molecule has 0 atom stereocenters. The molecule has 2 aromatic rings. The Morgan fingerprint density at radius 1 is 0.917 bits per heavy atom. The van der Waals surface area contributed by atoms with Crippen LogP contribution < -0.4 is 0 Å². The highest BCUT2D eigenvalue weighted by Crippen LogP contribution is 2.14. The molecule has 3 rings (SSSR count). The van der Waals surface area contributed by atoms with Crippen molar-refractivity contribution in [2.75, 3.05) is 26.2 Å². The van der Waals surface area contributed by atoms with E-state index < -0.39 is 0 Å². The molecule has 1 aliphatic heterocycles. The highest BCUT2D eigenvalue weighted by molar-refractivity contribution is 5.94. The van der Waals surface area contributed by atoms with Crippen molar-refractivity contribution in [2.45, 2.75) is 19.8 Å². The van der Waals surface area contributed by atoms with Crippen molar-refractivity contribution in [3.05, 3.63) is 54.4 Å². The molecule has 24 heavy (non-hydrogen) atoms. The van der Waals surface area contributed by atoms with E-state index >= 15 is 0 Å². The van der Waals surface area contributed by atoms with Gasteiger partial charge in [0.1, 0.15) is 0 Å². The summed E-state index contributed by atoms with van der Waals surface area (Å²) in [7, 11) is 0. The Morgan fingerprint density at radius 3 is 2.08 bits per heavy atom. The molecule has 1 saturated heterocycles. The molecule has 0 saturated carbocycles. The molecular formula is C19H23N3O2. The number of hydrogen-bond acceptors (Lipinski definition) is 2. The van der Waals surface area contributed by atoms with Crippen LogP contribution in [0, 0.1) is 0 Å². The SMILES string of the molecule is CCCC(=O)N1CCN(C(=O)c2ccc(-n3cccc3)cc2)CC1. The van der Waals surface area contributed by atoms with Gasteiger partial charge in [-0.2, -0.15) is 0 Å². The second kappa shape index (κ2) is 7.34. The highest BCUT2D eigenvalue weighted by atomic mass is 16.2. The van der Waals surface area contributed by atoms with E-state index in [1.54, 1.807) is 0 Å². The van der Waals surface area contributed by atoms with Gasteiger partial charge in [-0.05, 0) is 42.8 Å². The third kappa shape index (κ3) is 3.50. The predicted molar refractivity (Wildman–Crippen MR) is 93.2 cm³/mol. The van der Waals surface area contributed by atoms with Crippen LogP contribution in [0.4, 0.5) is 0 Å². The van der Waals surface area contributed by atoms with Crippen LogP contribution in [0.3, 0.4) is 0 Å². The molecule has 0 aliphatic carbocycles. The Balaban J connectivity index is 1.60. The summed E-state index contributed by atoms with van der Waals surface area (Å²) in [4.78, 5) is 28.2. The lowest BCUT2D eigenvalue weighted by molar-refractivity contribution is -0.132. The van der Waals surface area contributed by atoms with Crippen LogP contribution in [0.15, 0.2) is 48.8 Å². The lowest BCUT2D eigenvalue weighted by Crippen LogP contribution is -2.50. The summed E-state index contributed by atoms with van der Waals surface area (Å²) in [6.07, 6.45) is 5.41. The van der Waals surface area contributed by atoms with Crippen molar-refractivity contribution in [3.63, 3.8) is 0 Å². The average Bonchev–Trinajstić information content (AvgIpc) is 3.16. The molecule has 126 valence electrons. The van der Waals surface area contributed by atoms with Crippen molar-refractivity contribution < 1.29 is 9.59 Å². The smallest absolute Gasteiger partial charge is 0.253 e. The van der Waals surface area contributed by atoms with Gasteiger partial charge in [-0.3, -0.25) is 9.59 Å². The maximum atomic E-state index is 12.6. The standard InChI is InChI=1S/C19H23N3O2/c1-2-5-18(23)21-12-14-22(15-13-21)19(24)16-6-8-17(9-7-16)20-10-3-4-11-20/h3-4,6-11H,2,5,12-15H2,1H3. The van der Waals surface area contributed by atoms with Gasteiger partial charge in [0, 0.05) is 56.2 Å². The lowest BCUT2D eigenvalue weighted by Gasteiger charge is -2.34. The van der Waals surface area contributed by atoms with Gasteiger partial charge in [0.15, 0.2) is 0 Å². The first kappa shape index (κ1) is 16.3. The van der Waals surface area contributed by atoms with E-state index in [2.05, 4.69) is 0 Å². The van der Waals surface area contributed by atoms with Crippen molar-refractivity contribution in [1.82, 2.24) is 14.4 Å². The number of nitrogens with zero attached hydrogens (tertiary/aromatic N) is 3. The Bertz CT molecular complexity index is 684. The largest absolute Gasteiger partial charge is 0.339 e. The zero-order chi connectivity index (χ0) is 16.9. The van der Waals surface area contributed by atoms with Crippen LogP contribution in [-0.4, -0.2) is 52.4 Å². The summed E-state index contributed by atoms with van der Waals surface area (Å²) in [6.45, 7) is 4.48. The third-order valence-electron chi connectivity index (χ3n) is 4.40. The first-order valence-corrected chi connectivity index (χ1v) is 8.49. The molecule has 1 aromatic carbocycles. The molecule has 1 aromatic heterocycles. The van der Waals surface area contributed by atoms with Crippen molar-refractivity contribution in [2.24, 2.45) is 0 Å². The second-order valence-corrected chi connectivity index (χ2v) is 6.06. The lowest BCUT2D eigenvalue weighted by atomic mass is 10.1. The molecule has 2 amide bonds. The number of benzene rings is 1. The van der Waals surface area contributed by atoms with Gasteiger partial charge in [0.2, 0.25) is 5.91 Å². The molecule has 5 nitrogen and oxygen atoms in total. The maximum Gasteiger partial charge on any atom is 0.253 e. The van der Waals surface area contributed by atoms with E-state index in [4.69, 9.17) is 0 Å². The molecule has 0 unspecified atom stereocenters. The van der Waals surface area contributed by atoms with Gasteiger partial charge in [-0.1, -0.05) is 6.92 Å². The van der Waals surface area contributed by atoms with Crippen LogP contribution in [-0.2, 0) is 4.79 Å². The summed E-state index contributed by atoms with van der Waals surface area (Å²) in [5.41, 5.74) is 1.73. The van der Waals surface area contributed by atoms with E-state index in [0.717, 1.165) is 12.1 Å². The Morgan fingerprint density at radius 2 is 1.50 bits per heavy atom. The molecule has 0 radical (unpaired) electrons. The molecule has 1 fully saturated rings. The fourth-order valence-corrected chi connectivity index (χ4v) is 3.00. The zero-order valence-electron chi connectivity index (χ0n) is 14.0. The Kier molecular flexibility index (Phi) is 4.99. The summed E-state index contributed by atoms with van der Waals surface area (Å²) < 4.78 is 2.01. The van der Waals surface area contributed by atoms with Crippen LogP contribution in [0.25, 0.3) is 5.69 Å². The normalized spacial score (nSPS) is 14.7. The Labute approximate surface area is 142 Å². The van der Waals surface area contributed by atoms with Crippen LogP contribution >= 0.6 is 0 Å². The molecule has 1 aliphatic rings. The molecule has 2 heterocycles. The van der Waals surface area contributed by atoms with Crippen LogP contribution in [0.1, 0.15) is 30.1 Å². The first-order chi connectivity index (χ1) is 11.7. The summed E-state index contributed by atoms with van der Waals surface area (Å²) in [5, 5.41) is 0. The van der Waals surface area contributed by atoms with Crippen molar-refractivity contribution >= 4 is 11.8 Å². The van der Waals surface area contributed by atoms with Gasteiger partial charge in [0.05, 0.1) is 0 Å². The summed E-state index contributed by atoms with van der Waals surface area (Å²) in [5.74, 6) is 0.234. The topological polar surface area (TPSA) is 45.6 Å². The number of aromatic nitrogens is 1. The van der Waals surface area contributed by atoms with E-state index in [1.807, 2.05) is 70.1 Å². The third-order valence-corrected chi connectivity index (χ3v) is 4.40. The van der Waals surface area contributed by atoms with Gasteiger partial charge in [-0.25, -0.2) is 0 Å². The zero-order valence-corrected chi connectivity index (χ0v) is 14.0. The van der Waals surface area contributed by atoms with Crippen LogP contribution in [0.5, 0.6) is 0 Å². The van der Waals surface area contributed by atoms with E-state index in [-0.39, 0.29) is 11.8 Å². The highest BCUT2D eigenvalue weighted by Gasteiger charge is 2.24. The molecule has 0 bridgehead atoms. The van der Waals surface area contributed by atoms with Gasteiger partial charge in [0.25, 0.3) is 5.91 Å². The minimum absolute atomic E-state index is 0.0386. The quantitative estimate of drug-likeness (QED) is 0.867. The minimum Gasteiger partial charge on any atom is -0.339 e. The van der Waals surface area contributed by atoms with Gasteiger partial charge < -0.3 is 14.4 Å². The van der Waals surface area contributed by atoms with Crippen LogP contribution in [0.2, 0.25) is 0 Å². The maximum absolute atomic E-state index is 12.6. The van der Waals surface area contributed by atoms with E-state index in [9.17, 15) is 9.59 Å². The van der Waals surface area contributed by atoms with Gasteiger partial charge >= 0.3 is 0 Å². The van der Waals surface area contributed by atoms with Crippen molar-refractivity contribution in [1.29, 1.82) is 0 Å². The number of rotatable bonds is 4. The van der Waals surface area contributed by atoms with Gasteiger partial charge in [-0.15, -0.1) is 0 Å². The second-order valence-electron chi connectivity index (χ2n) is 6.06. The van der Waals surface area contributed by atoms with Crippen molar-refractivity contribution in [3.8, 4) is 5.69 Å². The number of piperazine rings is 1. The number of amides is 2. The summed E-state index contributed by atoms with van der Waals surface area (Å²) >= 11 is 0. The number of carbonyl (C=O) groups excluding carboxylic acids is 2.